The number of allylic oxidation sites excluding steroid dienone is 1. The minimum absolute atomic E-state index is 0.786. The van der Waals surface area contributed by atoms with E-state index >= 15 is 0 Å². The third-order valence-corrected chi connectivity index (χ3v) is 2.83. The highest BCUT2D eigenvalue weighted by Gasteiger charge is 1.92. The second kappa shape index (κ2) is 11.8. The number of hydrogen-bond acceptors (Lipinski definition) is 1. The Morgan fingerprint density at radius 3 is 2.20 bits per heavy atom. The van der Waals surface area contributed by atoms with E-state index in [0.717, 1.165) is 13.0 Å². The van der Waals surface area contributed by atoms with Gasteiger partial charge in [-0.05, 0) is 32.7 Å². The van der Waals surface area contributed by atoms with Crippen LogP contribution in [0.3, 0.4) is 0 Å². The van der Waals surface area contributed by atoms with Crippen molar-refractivity contribution < 1.29 is 0 Å². The Hall–Kier alpha value is -0.300. The van der Waals surface area contributed by atoms with Crippen LogP contribution in [-0.4, -0.2) is 6.54 Å². The van der Waals surface area contributed by atoms with Gasteiger partial charge in [-0.2, -0.15) is 0 Å². The van der Waals surface area contributed by atoms with E-state index in [1.807, 2.05) is 0 Å². The Morgan fingerprint density at radius 2 is 1.60 bits per heavy atom. The number of rotatable bonds is 10. The van der Waals surface area contributed by atoms with Gasteiger partial charge < -0.3 is 5.73 Å². The molecule has 0 aromatic rings. The van der Waals surface area contributed by atoms with Gasteiger partial charge in [0.05, 0.1) is 0 Å². The molecular formula is C14H29N. The van der Waals surface area contributed by atoms with Crippen LogP contribution >= 0.6 is 0 Å². The predicted molar refractivity (Wildman–Crippen MR) is 70.0 cm³/mol. The maximum absolute atomic E-state index is 5.46. The van der Waals surface area contributed by atoms with Crippen molar-refractivity contribution in [3.05, 3.63) is 11.6 Å². The minimum atomic E-state index is 0.786. The largest absolute Gasteiger partial charge is 0.330 e. The number of nitrogens with two attached hydrogens (primary N) is 1. The normalized spacial score (nSPS) is 12.1. The van der Waals surface area contributed by atoms with Gasteiger partial charge in [-0.1, -0.05) is 57.1 Å². The van der Waals surface area contributed by atoms with E-state index in [-0.39, 0.29) is 0 Å². The molecule has 1 heteroatoms. The van der Waals surface area contributed by atoms with E-state index in [1.54, 1.807) is 0 Å². The summed E-state index contributed by atoms with van der Waals surface area (Å²) in [6.07, 6.45) is 14.4. The highest BCUT2D eigenvalue weighted by atomic mass is 14.5. The lowest BCUT2D eigenvalue weighted by Gasteiger charge is -2.02. The molecule has 2 N–H and O–H groups in total. The van der Waals surface area contributed by atoms with Gasteiger partial charge in [0.15, 0.2) is 0 Å². The van der Waals surface area contributed by atoms with E-state index in [1.165, 1.54) is 56.9 Å². The lowest BCUT2D eigenvalue weighted by Crippen LogP contribution is -1.96. The van der Waals surface area contributed by atoms with Crippen molar-refractivity contribution in [1.29, 1.82) is 0 Å². The Balaban J connectivity index is 3.16. The second-order valence-corrected chi connectivity index (χ2v) is 4.50. The highest BCUT2D eigenvalue weighted by Crippen LogP contribution is 2.12. The van der Waals surface area contributed by atoms with Crippen LogP contribution in [0.2, 0.25) is 0 Å². The molecule has 0 amide bonds. The molecule has 0 rings (SSSR count). The Morgan fingerprint density at radius 1 is 1.00 bits per heavy atom. The fraction of sp³-hybridized carbons (Fsp3) is 0.857. The van der Waals surface area contributed by atoms with Crippen molar-refractivity contribution in [3.63, 3.8) is 0 Å². The first kappa shape index (κ1) is 14.7. The minimum Gasteiger partial charge on any atom is -0.330 e. The first-order chi connectivity index (χ1) is 7.31. The van der Waals surface area contributed by atoms with Crippen LogP contribution < -0.4 is 5.73 Å². The number of unbranched alkanes of at least 4 members (excludes halogenated alkanes) is 6. The fourth-order valence-corrected chi connectivity index (χ4v) is 1.79. The summed E-state index contributed by atoms with van der Waals surface area (Å²) in [5, 5.41) is 0. The smallest absolute Gasteiger partial charge is 0.00425 e. The molecule has 0 heterocycles. The van der Waals surface area contributed by atoms with Crippen molar-refractivity contribution in [2.75, 3.05) is 6.54 Å². The molecule has 0 fully saturated rings. The van der Waals surface area contributed by atoms with Gasteiger partial charge in [0.2, 0.25) is 0 Å². The average Bonchev–Trinajstić information content (AvgIpc) is 2.25. The van der Waals surface area contributed by atoms with Crippen LogP contribution in [-0.2, 0) is 0 Å². The lowest BCUT2D eigenvalue weighted by atomic mass is 10.0. The van der Waals surface area contributed by atoms with Gasteiger partial charge in [-0.3, -0.25) is 0 Å². The monoisotopic (exact) mass is 211 g/mol. The standard InChI is InChI=1S/C14H29N/c1-3-4-5-6-7-8-9-11-14(2)12-10-13-15/h12H,3-11,13,15H2,1-2H3. The first-order valence-corrected chi connectivity index (χ1v) is 6.67. The first-order valence-electron chi connectivity index (χ1n) is 6.67. The number of hydrogen-bond donors (Lipinski definition) is 1. The van der Waals surface area contributed by atoms with Crippen LogP contribution in [0.25, 0.3) is 0 Å². The Kier molecular flexibility index (Phi) is 11.5. The Bertz CT molecular complexity index is 149. The van der Waals surface area contributed by atoms with Crippen molar-refractivity contribution in [1.82, 2.24) is 0 Å². The van der Waals surface area contributed by atoms with Crippen LogP contribution in [0.5, 0.6) is 0 Å². The average molecular weight is 211 g/mol. The van der Waals surface area contributed by atoms with Crippen LogP contribution in [0, 0.1) is 0 Å². The second-order valence-electron chi connectivity index (χ2n) is 4.50. The van der Waals surface area contributed by atoms with Crippen LogP contribution in [0.1, 0.15) is 71.6 Å². The molecule has 0 aliphatic heterocycles. The molecule has 0 aliphatic rings. The van der Waals surface area contributed by atoms with Crippen molar-refractivity contribution in [2.24, 2.45) is 5.73 Å². The molecule has 1 nitrogen and oxygen atoms in total. The summed E-state index contributed by atoms with van der Waals surface area (Å²) in [7, 11) is 0. The zero-order valence-electron chi connectivity index (χ0n) is 10.7. The molecule has 0 spiro atoms. The van der Waals surface area contributed by atoms with E-state index in [0.29, 0.717) is 0 Å². The molecule has 0 bridgehead atoms. The van der Waals surface area contributed by atoms with Crippen LogP contribution in [0.4, 0.5) is 0 Å². The fourth-order valence-electron chi connectivity index (χ4n) is 1.79. The summed E-state index contributed by atoms with van der Waals surface area (Å²) < 4.78 is 0. The van der Waals surface area contributed by atoms with Gasteiger partial charge in [-0.15, -0.1) is 0 Å². The maximum Gasteiger partial charge on any atom is -0.00425 e. The third-order valence-electron chi connectivity index (χ3n) is 2.83. The van der Waals surface area contributed by atoms with Crippen LogP contribution in [0.15, 0.2) is 11.6 Å². The summed E-state index contributed by atoms with van der Waals surface area (Å²) in [4.78, 5) is 0. The summed E-state index contributed by atoms with van der Waals surface area (Å²) in [5.41, 5.74) is 6.98. The maximum atomic E-state index is 5.46. The lowest BCUT2D eigenvalue weighted by molar-refractivity contribution is 0.588. The van der Waals surface area contributed by atoms with Gasteiger partial charge in [0.1, 0.15) is 0 Å². The molecule has 0 aromatic heterocycles. The van der Waals surface area contributed by atoms with Crippen molar-refractivity contribution in [3.8, 4) is 0 Å². The summed E-state index contributed by atoms with van der Waals surface area (Å²) in [6.45, 7) is 5.28. The topological polar surface area (TPSA) is 26.0 Å². The van der Waals surface area contributed by atoms with Crippen molar-refractivity contribution in [2.45, 2.75) is 71.6 Å². The molecule has 0 atom stereocenters. The van der Waals surface area contributed by atoms with E-state index in [4.69, 9.17) is 5.73 Å². The van der Waals surface area contributed by atoms with Crippen molar-refractivity contribution >= 4 is 0 Å². The molecular weight excluding hydrogens is 182 g/mol. The van der Waals surface area contributed by atoms with Gasteiger partial charge in [0.25, 0.3) is 0 Å². The SMILES string of the molecule is CCCCCCCCCC(C)=CCCN. The van der Waals surface area contributed by atoms with Gasteiger partial charge in [0, 0.05) is 0 Å². The van der Waals surface area contributed by atoms with Gasteiger partial charge in [-0.25, -0.2) is 0 Å². The molecule has 0 aliphatic carbocycles. The van der Waals surface area contributed by atoms with E-state index in [9.17, 15) is 0 Å². The zero-order chi connectivity index (χ0) is 11.4. The molecule has 0 aromatic carbocycles. The molecule has 0 unspecified atom stereocenters. The Labute approximate surface area is 96.1 Å². The summed E-state index contributed by atoms with van der Waals surface area (Å²) in [5.74, 6) is 0. The van der Waals surface area contributed by atoms with E-state index < -0.39 is 0 Å². The molecule has 90 valence electrons. The molecule has 0 saturated heterocycles. The molecule has 15 heavy (non-hydrogen) atoms. The molecule has 0 radical (unpaired) electrons. The van der Waals surface area contributed by atoms with Gasteiger partial charge >= 0.3 is 0 Å². The zero-order valence-corrected chi connectivity index (χ0v) is 10.7. The highest BCUT2D eigenvalue weighted by molar-refractivity contribution is 4.97. The summed E-state index contributed by atoms with van der Waals surface area (Å²) in [6, 6.07) is 0. The summed E-state index contributed by atoms with van der Waals surface area (Å²) >= 11 is 0. The quantitative estimate of drug-likeness (QED) is 0.420. The third kappa shape index (κ3) is 11.6. The van der Waals surface area contributed by atoms with E-state index in [2.05, 4.69) is 19.9 Å². The predicted octanol–water partition coefficient (Wildman–Crippen LogP) is 4.42. The molecule has 0 saturated carbocycles.